The molecule has 1 aromatic heterocycles. The maximum Gasteiger partial charge on any atom is 0.0271 e. The Hall–Kier alpha value is -0.310. The Morgan fingerprint density at radius 3 is 2.43 bits per heavy atom. The summed E-state index contributed by atoms with van der Waals surface area (Å²) in [5.41, 5.74) is 1.31. The molecule has 0 radical (unpaired) electrons. The van der Waals surface area contributed by atoms with Crippen LogP contribution in [0.1, 0.15) is 25.3 Å². The van der Waals surface area contributed by atoms with Crippen LogP contribution in [0.25, 0.3) is 0 Å². The molecule has 0 saturated carbocycles. The SMILES string of the molecule is CCCCNCc1ccncc1.Cl.Cl. The van der Waals surface area contributed by atoms with Crippen LogP contribution in [-0.4, -0.2) is 11.5 Å². The number of pyridine rings is 1. The highest BCUT2D eigenvalue weighted by Crippen LogP contribution is 1.94. The number of aromatic nitrogens is 1. The van der Waals surface area contributed by atoms with Crippen LogP contribution in [0.4, 0.5) is 0 Å². The van der Waals surface area contributed by atoms with Crippen LogP contribution in [0.15, 0.2) is 24.5 Å². The summed E-state index contributed by atoms with van der Waals surface area (Å²) in [7, 11) is 0. The number of nitrogens with one attached hydrogen (secondary N) is 1. The molecule has 0 aromatic carbocycles. The van der Waals surface area contributed by atoms with Gasteiger partial charge >= 0.3 is 0 Å². The monoisotopic (exact) mass is 236 g/mol. The second kappa shape index (κ2) is 10.8. The first kappa shape index (κ1) is 16.1. The van der Waals surface area contributed by atoms with Gasteiger partial charge in [0.15, 0.2) is 0 Å². The number of hydrogen-bond donors (Lipinski definition) is 1. The topological polar surface area (TPSA) is 24.9 Å². The van der Waals surface area contributed by atoms with Crippen molar-refractivity contribution < 1.29 is 0 Å². The van der Waals surface area contributed by atoms with E-state index in [0.717, 1.165) is 13.1 Å². The summed E-state index contributed by atoms with van der Waals surface area (Å²) in [5.74, 6) is 0. The number of nitrogens with zero attached hydrogens (tertiary/aromatic N) is 1. The molecule has 0 amide bonds. The average molecular weight is 237 g/mol. The third kappa shape index (κ3) is 7.13. The average Bonchev–Trinajstić information content (AvgIpc) is 2.14. The minimum Gasteiger partial charge on any atom is -0.313 e. The largest absolute Gasteiger partial charge is 0.313 e. The molecule has 2 nitrogen and oxygen atoms in total. The van der Waals surface area contributed by atoms with E-state index >= 15 is 0 Å². The Labute approximate surface area is 98.3 Å². The Morgan fingerprint density at radius 2 is 1.86 bits per heavy atom. The molecule has 1 aromatic rings. The minimum absolute atomic E-state index is 0. The van der Waals surface area contributed by atoms with Crippen molar-refractivity contribution in [2.24, 2.45) is 0 Å². The van der Waals surface area contributed by atoms with Gasteiger partial charge in [-0.2, -0.15) is 0 Å². The Balaban J connectivity index is 0. The van der Waals surface area contributed by atoms with Crippen molar-refractivity contribution in [2.75, 3.05) is 6.54 Å². The van der Waals surface area contributed by atoms with E-state index in [1.807, 2.05) is 24.5 Å². The predicted octanol–water partition coefficient (Wildman–Crippen LogP) is 2.81. The van der Waals surface area contributed by atoms with Gasteiger partial charge in [-0.1, -0.05) is 13.3 Å². The Morgan fingerprint density at radius 1 is 1.21 bits per heavy atom. The highest BCUT2D eigenvalue weighted by molar-refractivity contribution is 5.85. The Bertz CT molecular complexity index is 205. The fourth-order valence-corrected chi connectivity index (χ4v) is 1.04. The fourth-order valence-electron chi connectivity index (χ4n) is 1.04. The van der Waals surface area contributed by atoms with Gasteiger partial charge in [0.1, 0.15) is 0 Å². The summed E-state index contributed by atoms with van der Waals surface area (Å²) in [4.78, 5) is 3.96. The molecule has 1 heterocycles. The van der Waals surface area contributed by atoms with Crippen LogP contribution in [0.2, 0.25) is 0 Å². The van der Waals surface area contributed by atoms with Crippen molar-refractivity contribution in [2.45, 2.75) is 26.3 Å². The zero-order valence-corrected chi connectivity index (χ0v) is 10.0. The molecule has 0 spiro atoms. The second-order valence-corrected chi connectivity index (χ2v) is 2.89. The van der Waals surface area contributed by atoms with Gasteiger partial charge in [-0.05, 0) is 30.7 Å². The van der Waals surface area contributed by atoms with E-state index in [9.17, 15) is 0 Å². The maximum atomic E-state index is 3.96. The first-order valence-corrected chi connectivity index (χ1v) is 4.53. The molecule has 0 fully saturated rings. The van der Waals surface area contributed by atoms with Gasteiger partial charge < -0.3 is 5.32 Å². The molecule has 1 N–H and O–H groups in total. The van der Waals surface area contributed by atoms with Gasteiger partial charge in [0, 0.05) is 18.9 Å². The van der Waals surface area contributed by atoms with Gasteiger partial charge in [-0.3, -0.25) is 4.98 Å². The van der Waals surface area contributed by atoms with Crippen molar-refractivity contribution in [1.29, 1.82) is 0 Å². The van der Waals surface area contributed by atoms with E-state index in [1.165, 1.54) is 18.4 Å². The van der Waals surface area contributed by atoms with Crippen molar-refractivity contribution in [1.82, 2.24) is 10.3 Å². The molecular weight excluding hydrogens is 219 g/mol. The summed E-state index contributed by atoms with van der Waals surface area (Å²) in [6.07, 6.45) is 6.17. The molecule has 0 atom stereocenters. The third-order valence-electron chi connectivity index (χ3n) is 1.79. The van der Waals surface area contributed by atoms with Crippen molar-refractivity contribution in [3.63, 3.8) is 0 Å². The summed E-state index contributed by atoms with van der Waals surface area (Å²) < 4.78 is 0. The standard InChI is InChI=1S/C10H16N2.2ClH/c1-2-3-6-12-9-10-4-7-11-8-5-10;;/h4-5,7-8,12H,2-3,6,9H2,1H3;2*1H. The molecule has 1 rings (SSSR count). The van der Waals surface area contributed by atoms with Gasteiger partial charge in [-0.25, -0.2) is 0 Å². The van der Waals surface area contributed by atoms with Crippen LogP contribution >= 0.6 is 24.8 Å². The number of hydrogen-bond acceptors (Lipinski definition) is 2. The fraction of sp³-hybridized carbons (Fsp3) is 0.500. The molecule has 82 valence electrons. The highest BCUT2D eigenvalue weighted by Gasteiger charge is 1.89. The van der Waals surface area contributed by atoms with Gasteiger partial charge in [-0.15, -0.1) is 24.8 Å². The van der Waals surface area contributed by atoms with Crippen molar-refractivity contribution >= 4 is 24.8 Å². The van der Waals surface area contributed by atoms with Crippen LogP contribution in [-0.2, 0) is 6.54 Å². The molecule has 0 aliphatic heterocycles. The van der Waals surface area contributed by atoms with E-state index in [2.05, 4.69) is 17.2 Å². The predicted molar refractivity (Wildman–Crippen MR) is 65.3 cm³/mol. The number of unbranched alkanes of at least 4 members (excludes halogenated alkanes) is 1. The Kier molecular flexibility index (Phi) is 12.4. The lowest BCUT2D eigenvalue weighted by molar-refractivity contribution is 0.641. The smallest absolute Gasteiger partial charge is 0.0271 e. The van der Waals surface area contributed by atoms with Crippen molar-refractivity contribution in [3.8, 4) is 0 Å². The van der Waals surface area contributed by atoms with Crippen LogP contribution < -0.4 is 5.32 Å². The van der Waals surface area contributed by atoms with Gasteiger partial charge in [0.2, 0.25) is 0 Å². The van der Waals surface area contributed by atoms with Crippen LogP contribution in [0.3, 0.4) is 0 Å². The van der Waals surface area contributed by atoms with E-state index in [0.29, 0.717) is 0 Å². The zero-order valence-electron chi connectivity index (χ0n) is 8.40. The number of halogens is 2. The van der Waals surface area contributed by atoms with Crippen LogP contribution in [0.5, 0.6) is 0 Å². The van der Waals surface area contributed by atoms with E-state index < -0.39 is 0 Å². The maximum absolute atomic E-state index is 3.96. The lowest BCUT2D eigenvalue weighted by Crippen LogP contribution is -2.14. The molecule has 4 heteroatoms. The highest BCUT2D eigenvalue weighted by atomic mass is 35.5. The first-order valence-electron chi connectivity index (χ1n) is 4.53. The van der Waals surface area contributed by atoms with Crippen LogP contribution in [0, 0.1) is 0 Å². The molecule has 0 bridgehead atoms. The molecular formula is C10H18Cl2N2. The second-order valence-electron chi connectivity index (χ2n) is 2.89. The quantitative estimate of drug-likeness (QED) is 0.796. The zero-order chi connectivity index (χ0) is 8.65. The molecule has 0 unspecified atom stereocenters. The summed E-state index contributed by atoms with van der Waals surface area (Å²) in [5, 5.41) is 3.37. The van der Waals surface area contributed by atoms with E-state index in [1.54, 1.807) is 0 Å². The normalized spacial score (nSPS) is 8.64. The summed E-state index contributed by atoms with van der Waals surface area (Å²) >= 11 is 0. The molecule has 0 aliphatic rings. The molecule has 0 aliphatic carbocycles. The molecule has 14 heavy (non-hydrogen) atoms. The lowest BCUT2D eigenvalue weighted by atomic mass is 10.2. The van der Waals surface area contributed by atoms with E-state index in [-0.39, 0.29) is 24.8 Å². The minimum atomic E-state index is 0. The summed E-state index contributed by atoms with van der Waals surface area (Å²) in [6.45, 7) is 4.27. The third-order valence-corrected chi connectivity index (χ3v) is 1.79. The van der Waals surface area contributed by atoms with Gasteiger partial charge in [0.25, 0.3) is 0 Å². The first-order chi connectivity index (χ1) is 5.93. The van der Waals surface area contributed by atoms with Crippen molar-refractivity contribution in [3.05, 3.63) is 30.1 Å². The summed E-state index contributed by atoms with van der Waals surface area (Å²) in [6, 6.07) is 4.08. The number of rotatable bonds is 5. The van der Waals surface area contributed by atoms with E-state index in [4.69, 9.17) is 0 Å². The lowest BCUT2D eigenvalue weighted by Gasteiger charge is -2.02. The molecule has 0 saturated heterocycles. The van der Waals surface area contributed by atoms with Gasteiger partial charge in [0.05, 0.1) is 0 Å².